The number of nitrogens with one attached hydrogen (secondary N) is 2. The van der Waals surface area contributed by atoms with E-state index >= 15 is 0 Å². The molecule has 0 aliphatic carbocycles. The molecular formula is C12H22N4. The normalized spacial score (nSPS) is 24.3. The van der Waals surface area contributed by atoms with Crippen molar-refractivity contribution in [3.05, 3.63) is 12.3 Å². The number of nitrogens with zero attached hydrogens (tertiary/aromatic N) is 2. The maximum atomic E-state index is 4.15. The van der Waals surface area contributed by atoms with Crippen LogP contribution >= 0.6 is 0 Å². The molecule has 1 fully saturated rings. The first-order chi connectivity index (χ1) is 7.59. The number of piperidine rings is 1. The van der Waals surface area contributed by atoms with Gasteiger partial charge < -0.3 is 10.6 Å². The molecule has 2 rings (SSSR count). The molecule has 16 heavy (non-hydrogen) atoms. The summed E-state index contributed by atoms with van der Waals surface area (Å²) in [6.45, 7) is 6.79. The zero-order valence-electron chi connectivity index (χ0n) is 10.5. The van der Waals surface area contributed by atoms with Crippen molar-refractivity contribution in [1.82, 2.24) is 15.1 Å². The lowest BCUT2D eigenvalue weighted by Crippen LogP contribution is -2.50. The van der Waals surface area contributed by atoms with Crippen LogP contribution in [0.25, 0.3) is 0 Å². The van der Waals surface area contributed by atoms with Gasteiger partial charge in [0, 0.05) is 25.7 Å². The van der Waals surface area contributed by atoms with E-state index in [9.17, 15) is 0 Å². The molecule has 90 valence electrons. The van der Waals surface area contributed by atoms with Crippen LogP contribution in [-0.2, 0) is 7.05 Å². The van der Waals surface area contributed by atoms with Gasteiger partial charge in [0.2, 0.25) is 0 Å². The van der Waals surface area contributed by atoms with E-state index < -0.39 is 0 Å². The van der Waals surface area contributed by atoms with Crippen LogP contribution in [0.1, 0.15) is 26.7 Å². The second-order valence-electron chi connectivity index (χ2n) is 5.32. The Morgan fingerprint density at radius 3 is 3.06 bits per heavy atom. The van der Waals surface area contributed by atoms with Gasteiger partial charge in [-0.2, -0.15) is 5.10 Å². The third-order valence-electron chi connectivity index (χ3n) is 3.64. The molecular weight excluding hydrogens is 200 g/mol. The molecule has 2 N–H and O–H groups in total. The van der Waals surface area contributed by atoms with Gasteiger partial charge in [-0.3, -0.25) is 4.68 Å². The first kappa shape index (κ1) is 11.5. The van der Waals surface area contributed by atoms with Gasteiger partial charge in [-0.1, -0.05) is 13.8 Å². The van der Waals surface area contributed by atoms with Gasteiger partial charge in [-0.15, -0.1) is 0 Å². The van der Waals surface area contributed by atoms with Crippen molar-refractivity contribution in [3.8, 4) is 0 Å². The fourth-order valence-electron chi connectivity index (χ4n) is 2.37. The second kappa shape index (κ2) is 4.45. The third kappa shape index (κ3) is 2.38. The number of anilines is 1. The van der Waals surface area contributed by atoms with E-state index in [0.29, 0.717) is 11.5 Å². The molecule has 2 heterocycles. The molecule has 1 aliphatic heterocycles. The molecule has 1 aromatic heterocycles. The lowest BCUT2D eigenvalue weighted by molar-refractivity contribution is 0.188. The predicted molar refractivity (Wildman–Crippen MR) is 66.5 cm³/mol. The lowest BCUT2D eigenvalue weighted by Gasteiger charge is -2.39. The number of aryl methyl sites for hydroxylation is 1. The molecule has 1 aliphatic rings. The molecule has 1 unspecified atom stereocenters. The van der Waals surface area contributed by atoms with Crippen molar-refractivity contribution >= 4 is 5.82 Å². The fourth-order valence-corrected chi connectivity index (χ4v) is 2.37. The second-order valence-corrected chi connectivity index (χ2v) is 5.32. The third-order valence-corrected chi connectivity index (χ3v) is 3.64. The van der Waals surface area contributed by atoms with E-state index in [1.54, 1.807) is 0 Å². The first-order valence-electron chi connectivity index (χ1n) is 6.05. The highest BCUT2D eigenvalue weighted by Crippen LogP contribution is 2.30. The molecule has 0 bridgehead atoms. The van der Waals surface area contributed by atoms with Crippen LogP contribution in [0.3, 0.4) is 0 Å². The average molecular weight is 222 g/mol. The predicted octanol–water partition coefficient (Wildman–Crippen LogP) is 1.61. The van der Waals surface area contributed by atoms with Crippen molar-refractivity contribution in [1.29, 1.82) is 0 Å². The first-order valence-corrected chi connectivity index (χ1v) is 6.05. The Hall–Kier alpha value is -1.03. The van der Waals surface area contributed by atoms with Crippen LogP contribution in [0, 0.1) is 5.41 Å². The molecule has 4 nitrogen and oxygen atoms in total. The summed E-state index contributed by atoms with van der Waals surface area (Å²) in [6.07, 6.45) is 4.41. The highest BCUT2D eigenvalue weighted by Gasteiger charge is 2.31. The van der Waals surface area contributed by atoms with Gasteiger partial charge in [0.05, 0.1) is 6.20 Å². The van der Waals surface area contributed by atoms with Gasteiger partial charge >= 0.3 is 0 Å². The quantitative estimate of drug-likeness (QED) is 0.816. The van der Waals surface area contributed by atoms with Crippen molar-refractivity contribution in [2.75, 3.05) is 18.4 Å². The minimum Gasteiger partial charge on any atom is -0.369 e. The molecule has 1 atom stereocenters. The van der Waals surface area contributed by atoms with E-state index in [1.807, 2.05) is 24.0 Å². The summed E-state index contributed by atoms with van der Waals surface area (Å²) < 4.78 is 1.87. The van der Waals surface area contributed by atoms with Crippen molar-refractivity contribution in [3.63, 3.8) is 0 Å². The van der Waals surface area contributed by atoms with E-state index in [4.69, 9.17) is 0 Å². The minimum atomic E-state index is 0.379. The average Bonchev–Trinajstić information content (AvgIpc) is 2.62. The summed E-state index contributed by atoms with van der Waals surface area (Å²) in [6, 6.07) is 2.55. The Kier molecular flexibility index (Phi) is 3.19. The highest BCUT2D eigenvalue weighted by molar-refractivity contribution is 5.33. The number of aromatic nitrogens is 2. The molecule has 0 radical (unpaired) electrons. The van der Waals surface area contributed by atoms with E-state index in [1.165, 1.54) is 12.8 Å². The molecule has 1 aromatic rings. The van der Waals surface area contributed by atoms with E-state index in [-0.39, 0.29) is 0 Å². The highest BCUT2D eigenvalue weighted by atomic mass is 15.3. The summed E-state index contributed by atoms with van der Waals surface area (Å²) in [5, 5.41) is 11.2. The van der Waals surface area contributed by atoms with Gasteiger partial charge in [-0.25, -0.2) is 0 Å². The van der Waals surface area contributed by atoms with Gasteiger partial charge in [0.25, 0.3) is 0 Å². The van der Waals surface area contributed by atoms with Crippen molar-refractivity contribution in [2.45, 2.75) is 32.7 Å². The van der Waals surface area contributed by atoms with E-state index in [2.05, 4.69) is 29.6 Å². The Balaban J connectivity index is 1.92. The molecule has 0 aromatic carbocycles. The van der Waals surface area contributed by atoms with Crippen LogP contribution < -0.4 is 10.6 Å². The van der Waals surface area contributed by atoms with Crippen LogP contribution in [0.4, 0.5) is 5.82 Å². The Bertz CT molecular complexity index is 343. The van der Waals surface area contributed by atoms with Gasteiger partial charge in [-0.05, 0) is 24.8 Å². The number of hydrogen-bond donors (Lipinski definition) is 2. The SMILES string of the molecule is Cn1nccc1NCC1NCCCC1(C)C. The Morgan fingerprint density at radius 1 is 1.62 bits per heavy atom. The summed E-state index contributed by atoms with van der Waals surface area (Å²) in [5.41, 5.74) is 0.379. The molecule has 4 heteroatoms. The summed E-state index contributed by atoms with van der Waals surface area (Å²) in [7, 11) is 1.96. The maximum Gasteiger partial charge on any atom is 0.123 e. The maximum absolute atomic E-state index is 4.15. The largest absolute Gasteiger partial charge is 0.369 e. The summed E-state index contributed by atoms with van der Waals surface area (Å²) >= 11 is 0. The molecule has 0 amide bonds. The van der Waals surface area contributed by atoms with Crippen LogP contribution in [-0.4, -0.2) is 28.9 Å². The van der Waals surface area contributed by atoms with Gasteiger partial charge in [0.1, 0.15) is 5.82 Å². The zero-order valence-corrected chi connectivity index (χ0v) is 10.5. The monoisotopic (exact) mass is 222 g/mol. The van der Waals surface area contributed by atoms with Crippen LogP contribution in [0.2, 0.25) is 0 Å². The molecule has 0 saturated carbocycles. The van der Waals surface area contributed by atoms with Crippen LogP contribution in [0.5, 0.6) is 0 Å². The Morgan fingerprint density at radius 2 is 2.44 bits per heavy atom. The number of rotatable bonds is 3. The van der Waals surface area contributed by atoms with Crippen LogP contribution in [0.15, 0.2) is 12.3 Å². The van der Waals surface area contributed by atoms with E-state index in [0.717, 1.165) is 18.9 Å². The topological polar surface area (TPSA) is 41.9 Å². The van der Waals surface area contributed by atoms with Crippen molar-refractivity contribution in [2.24, 2.45) is 12.5 Å². The fraction of sp³-hybridized carbons (Fsp3) is 0.750. The Labute approximate surface area is 97.4 Å². The standard InChI is InChI=1S/C12H22N4/c1-12(2)6-4-7-13-10(12)9-14-11-5-8-15-16(11)3/h5,8,10,13-14H,4,6-7,9H2,1-3H3. The van der Waals surface area contributed by atoms with Gasteiger partial charge in [0.15, 0.2) is 0 Å². The molecule has 0 spiro atoms. The minimum absolute atomic E-state index is 0.379. The smallest absolute Gasteiger partial charge is 0.123 e. The lowest BCUT2D eigenvalue weighted by atomic mass is 9.77. The summed E-state index contributed by atoms with van der Waals surface area (Å²) in [5.74, 6) is 1.09. The zero-order chi connectivity index (χ0) is 11.6. The number of hydrogen-bond acceptors (Lipinski definition) is 3. The molecule has 1 saturated heterocycles. The van der Waals surface area contributed by atoms with Crippen molar-refractivity contribution < 1.29 is 0 Å². The summed E-state index contributed by atoms with van der Waals surface area (Å²) in [4.78, 5) is 0.